The molecule has 1 amide bonds. The Labute approximate surface area is 140 Å². The SMILES string of the molecule is O=C(COc1ccc(Cl)cc1)Nc1ccccc1C(=O)OBr. The molecule has 1 N–H and O–H groups in total. The summed E-state index contributed by atoms with van der Waals surface area (Å²) in [5.74, 6) is -0.480. The highest BCUT2D eigenvalue weighted by Gasteiger charge is 2.14. The molecular formula is C15H11BrClNO4. The van der Waals surface area contributed by atoms with Gasteiger partial charge in [0.1, 0.15) is 5.75 Å². The predicted octanol–water partition coefficient (Wildman–Crippen LogP) is 3.82. The van der Waals surface area contributed by atoms with E-state index in [9.17, 15) is 9.59 Å². The third-order valence-corrected chi connectivity index (χ3v) is 3.22. The van der Waals surface area contributed by atoms with Crippen LogP contribution in [-0.2, 0) is 8.62 Å². The molecule has 2 aromatic rings. The maximum Gasteiger partial charge on any atom is 0.351 e. The third-order valence-electron chi connectivity index (χ3n) is 2.67. The molecule has 0 spiro atoms. The van der Waals surface area contributed by atoms with Gasteiger partial charge in [0.15, 0.2) is 22.9 Å². The van der Waals surface area contributed by atoms with Crippen molar-refractivity contribution in [2.45, 2.75) is 0 Å². The second kappa shape index (κ2) is 7.82. The Kier molecular flexibility index (Phi) is 5.80. The number of amides is 1. The number of halogens is 2. The number of ether oxygens (including phenoxy) is 1. The Hall–Kier alpha value is -2.05. The summed E-state index contributed by atoms with van der Waals surface area (Å²) in [6.07, 6.45) is 0. The summed E-state index contributed by atoms with van der Waals surface area (Å²) < 4.78 is 9.80. The van der Waals surface area contributed by atoms with Crippen molar-refractivity contribution in [1.29, 1.82) is 0 Å². The smallest absolute Gasteiger partial charge is 0.351 e. The van der Waals surface area contributed by atoms with Crippen LogP contribution in [0.15, 0.2) is 48.5 Å². The van der Waals surface area contributed by atoms with Gasteiger partial charge in [-0.1, -0.05) is 23.7 Å². The van der Waals surface area contributed by atoms with Crippen LogP contribution in [0, 0.1) is 0 Å². The number of rotatable bonds is 5. The second-order valence-electron chi connectivity index (χ2n) is 4.20. The molecule has 0 aromatic heterocycles. The molecule has 0 radical (unpaired) electrons. The first-order valence-corrected chi connectivity index (χ1v) is 7.23. The zero-order chi connectivity index (χ0) is 15.9. The molecule has 0 atom stereocenters. The van der Waals surface area contributed by atoms with E-state index in [4.69, 9.17) is 16.3 Å². The molecule has 0 saturated carbocycles. The Morgan fingerprint density at radius 3 is 2.45 bits per heavy atom. The minimum Gasteiger partial charge on any atom is -0.484 e. The Bertz CT molecular complexity index is 675. The van der Waals surface area contributed by atoms with Gasteiger partial charge < -0.3 is 13.9 Å². The number of anilines is 1. The molecule has 0 bridgehead atoms. The molecule has 2 rings (SSSR count). The van der Waals surface area contributed by atoms with Crippen molar-refractivity contribution >= 4 is 45.4 Å². The lowest BCUT2D eigenvalue weighted by Crippen LogP contribution is -2.21. The summed E-state index contributed by atoms with van der Waals surface area (Å²) in [4.78, 5) is 23.5. The number of carbonyl (C=O) groups excluding carboxylic acids is 2. The summed E-state index contributed by atoms with van der Waals surface area (Å²) >= 11 is 8.38. The first-order valence-electron chi connectivity index (χ1n) is 6.20. The van der Waals surface area contributed by atoms with Crippen molar-refractivity contribution < 1.29 is 18.2 Å². The van der Waals surface area contributed by atoms with E-state index in [-0.39, 0.29) is 12.2 Å². The summed E-state index contributed by atoms with van der Waals surface area (Å²) in [6, 6.07) is 13.1. The Morgan fingerprint density at radius 2 is 1.77 bits per heavy atom. The molecule has 0 heterocycles. The highest BCUT2D eigenvalue weighted by Crippen LogP contribution is 2.18. The zero-order valence-corrected chi connectivity index (χ0v) is 13.6. The third kappa shape index (κ3) is 4.47. The van der Waals surface area contributed by atoms with Gasteiger partial charge >= 0.3 is 5.97 Å². The van der Waals surface area contributed by atoms with E-state index in [1.54, 1.807) is 48.5 Å². The lowest BCUT2D eigenvalue weighted by molar-refractivity contribution is -0.118. The number of hydrogen-bond donors (Lipinski definition) is 1. The fraction of sp³-hybridized carbons (Fsp3) is 0.0667. The molecule has 22 heavy (non-hydrogen) atoms. The maximum atomic E-state index is 11.9. The molecule has 5 nitrogen and oxygen atoms in total. The summed E-state index contributed by atoms with van der Waals surface area (Å²) in [5.41, 5.74) is 0.580. The average Bonchev–Trinajstić information content (AvgIpc) is 2.54. The summed E-state index contributed by atoms with van der Waals surface area (Å²) in [6.45, 7) is -0.195. The quantitative estimate of drug-likeness (QED) is 0.851. The van der Waals surface area contributed by atoms with Crippen LogP contribution in [0.4, 0.5) is 5.69 Å². The molecule has 0 unspecified atom stereocenters. The van der Waals surface area contributed by atoms with E-state index in [0.717, 1.165) is 0 Å². The van der Waals surface area contributed by atoms with E-state index in [1.807, 2.05) is 0 Å². The Balaban J connectivity index is 1.97. The molecule has 114 valence electrons. The van der Waals surface area contributed by atoms with Gasteiger partial charge in [0.25, 0.3) is 5.91 Å². The van der Waals surface area contributed by atoms with Crippen LogP contribution in [0.3, 0.4) is 0 Å². The second-order valence-corrected chi connectivity index (χ2v) is 4.96. The van der Waals surface area contributed by atoms with Crippen molar-refractivity contribution in [2.75, 3.05) is 11.9 Å². The van der Waals surface area contributed by atoms with Crippen LogP contribution >= 0.6 is 27.9 Å². The van der Waals surface area contributed by atoms with Gasteiger partial charge in [-0.15, -0.1) is 0 Å². The molecule has 0 saturated heterocycles. The number of carbonyl (C=O) groups is 2. The van der Waals surface area contributed by atoms with Crippen LogP contribution in [0.5, 0.6) is 5.75 Å². The number of nitrogens with one attached hydrogen (secondary N) is 1. The van der Waals surface area contributed by atoms with Crippen LogP contribution in [0.25, 0.3) is 0 Å². The van der Waals surface area contributed by atoms with Gasteiger partial charge in [-0.3, -0.25) is 4.79 Å². The van der Waals surface area contributed by atoms with Crippen molar-refractivity contribution in [2.24, 2.45) is 0 Å². The van der Waals surface area contributed by atoms with Gasteiger partial charge in [-0.25, -0.2) is 4.79 Å². The van der Waals surface area contributed by atoms with Gasteiger partial charge in [0.2, 0.25) is 0 Å². The van der Waals surface area contributed by atoms with Crippen molar-refractivity contribution in [1.82, 2.24) is 0 Å². The summed E-state index contributed by atoms with van der Waals surface area (Å²) in [7, 11) is 0. The molecule has 2 aromatic carbocycles. The lowest BCUT2D eigenvalue weighted by Gasteiger charge is -2.10. The topological polar surface area (TPSA) is 64.6 Å². The maximum absolute atomic E-state index is 11.9. The molecule has 0 aliphatic heterocycles. The van der Waals surface area contributed by atoms with Gasteiger partial charge in [0, 0.05) is 5.02 Å². The molecule has 0 fully saturated rings. The number of benzene rings is 2. The predicted molar refractivity (Wildman–Crippen MR) is 86.4 cm³/mol. The summed E-state index contributed by atoms with van der Waals surface area (Å²) in [5, 5.41) is 3.18. The molecule has 0 aliphatic carbocycles. The highest BCUT2D eigenvalue weighted by atomic mass is 79.9. The first-order chi connectivity index (χ1) is 10.6. The number of hydrogen-bond acceptors (Lipinski definition) is 4. The van der Waals surface area contributed by atoms with Gasteiger partial charge in [0.05, 0.1) is 11.3 Å². The van der Waals surface area contributed by atoms with E-state index in [1.165, 1.54) is 0 Å². The lowest BCUT2D eigenvalue weighted by atomic mass is 10.2. The normalized spacial score (nSPS) is 9.91. The van der Waals surface area contributed by atoms with Gasteiger partial charge in [-0.05, 0) is 36.4 Å². The van der Waals surface area contributed by atoms with Crippen LogP contribution in [-0.4, -0.2) is 18.5 Å². The van der Waals surface area contributed by atoms with Gasteiger partial charge in [-0.2, -0.15) is 0 Å². The highest BCUT2D eigenvalue weighted by molar-refractivity contribution is 9.06. The van der Waals surface area contributed by atoms with E-state index in [0.29, 0.717) is 16.5 Å². The monoisotopic (exact) mass is 383 g/mol. The van der Waals surface area contributed by atoms with Crippen LogP contribution in [0.1, 0.15) is 10.4 Å². The van der Waals surface area contributed by atoms with E-state index in [2.05, 4.69) is 25.4 Å². The minimum absolute atomic E-state index is 0.195. The minimum atomic E-state index is -0.602. The van der Waals surface area contributed by atoms with E-state index < -0.39 is 11.9 Å². The zero-order valence-electron chi connectivity index (χ0n) is 11.2. The van der Waals surface area contributed by atoms with Crippen molar-refractivity contribution in [3.8, 4) is 5.75 Å². The molecule has 0 aliphatic rings. The average molecular weight is 385 g/mol. The van der Waals surface area contributed by atoms with Crippen molar-refractivity contribution in [3.63, 3.8) is 0 Å². The standard InChI is InChI=1S/C15H11BrClNO4/c16-22-15(20)12-3-1-2-4-13(12)18-14(19)9-21-11-7-5-10(17)6-8-11/h1-8H,9H2,(H,18,19). The fourth-order valence-electron chi connectivity index (χ4n) is 1.68. The Morgan fingerprint density at radius 1 is 1.09 bits per heavy atom. The molecule has 7 heteroatoms. The van der Waals surface area contributed by atoms with Crippen LogP contribution in [0.2, 0.25) is 5.02 Å². The largest absolute Gasteiger partial charge is 0.484 e. The van der Waals surface area contributed by atoms with Crippen molar-refractivity contribution in [3.05, 3.63) is 59.1 Å². The number of para-hydroxylation sites is 1. The first kappa shape index (κ1) is 16.3. The van der Waals surface area contributed by atoms with Crippen LogP contribution < -0.4 is 10.1 Å². The molecular weight excluding hydrogens is 374 g/mol. The van der Waals surface area contributed by atoms with E-state index >= 15 is 0 Å². The fourth-order valence-corrected chi connectivity index (χ4v) is 1.98.